The minimum Gasteiger partial charge on any atom is -0.491 e. The second-order valence-electron chi connectivity index (χ2n) is 5.73. The summed E-state index contributed by atoms with van der Waals surface area (Å²) in [5.41, 5.74) is 2.44. The lowest BCUT2D eigenvalue weighted by atomic mass is 10.1. The van der Waals surface area contributed by atoms with Gasteiger partial charge in [-0.15, -0.1) is 0 Å². The first-order valence-electron chi connectivity index (χ1n) is 8.04. The third-order valence-electron chi connectivity index (χ3n) is 3.88. The molecule has 0 saturated carbocycles. The summed E-state index contributed by atoms with van der Waals surface area (Å²) in [6, 6.07) is 15.4. The molecular weight excluding hydrogens is 324 g/mol. The van der Waals surface area contributed by atoms with Gasteiger partial charge >= 0.3 is 0 Å². The number of halogens is 1. The molecule has 3 aromatic rings. The van der Waals surface area contributed by atoms with E-state index in [0.717, 1.165) is 18.5 Å². The third kappa shape index (κ3) is 4.51. The minimum absolute atomic E-state index is 0.252. The third-order valence-corrected chi connectivity index (χ3v) is 4.13. The molecule has 5 heteroatoms. The van der Waals surface area contributed by atoms with Gasteiger partial charge in [0, 0.05) is 28.7 Å². The zero-order chi connectivity index (χ0) is 16.8. The van der Waals surface area contributed by atoms with Crippen LogP contribution in [-0.2, 0) is 6.42 Å². The van der Waals surface area contributed by atoms with E-state index in [4.69, 9.17) is 16.3 Å². The van der Waals surface area contributed by atoms with Crippen LogP contribution in [-0.4, -0.2) is 35.9 Å². The van der Waals surface area contributed by atoms with E-state index in [1.165, 1.54) is 10.9 Å². The Balaban J connectivity index is 1.37. The van der Waals surface area contributed by atoms with E-state index in [9.17, 15) is 5.11 Å². The SMILES string of the molecule is OC(CNCCc1c[nH]c2ccccc12)COc1ccc(Cl)cc1. The number of para-hydroxylation sites is 1. The highest BCUT2D eigenvalue weighted by molar-refractivity contribution is 6.30. The van der Waals surface area contributed by atoms with Crippen LogP contribution >= 0.6 is 11.6 Å². The molecule has 0 radical (unpaired) electrons. The first kappa shape index (κ1) is 16.8. The second kappa shape index (κ2) is 8.20. The van der Waals surface area contributed by atoms with Crippen LogP contribution in [0, 0.1) is 0 Å². The van der Waals surface area contributed by atoms with Gasteiger partial charge < -0.3 is 20.1 Å². The van der Waals surface area contributed by atoms with Crippen molar-refractivity contribution in [2.45, 2.75) is 12.5 Å². The second-order valence-corrected chi connectivity index (χ2v) is 6.17. The molecular formula is C19H21ClN2O2. The molecule has 126 valence electrons. The van der Waals surface area contributed by atoms with E-state index >= 15 is 0 Å². The average molecular weight is 345 g/mol. The fraction of sp³-hybridized carbons (Fsp3) is 0.263. The van der Waals surface area contributed by atoms with Crippen LogP contribution in [0.15, 0.2) is 54.7 Å². The van der Waals surface area contributed by atoms with E-state index in [1.807, 2.05) is 18.3 Å². The molecule has 3 N–H and O–H groups in total. The Morgan fingerprint density at radius 2 is 1.92 bits per heavy atom. The Kier molecular flexibility index (Phi) is 5.75. The Morgan fingerprint density at radius 3 is 2.75 bits per heavy atom. The summed E-state index contributed by atoms with van der Waals surface area (Å²) in [6.45, 7) is 1.55. The number of aliphatic hydroxyl groups excluding tert-OH is 1. The number of nitrogens with one attached hydrogen (secondary N) is 2. The summed E-state index contributed by atoms with van der Waals surface area (Å²) >= 11 is 5.82. The standard InChI is InChI=1S/C19H21ClN2O2/c20-15-5-7-17(8-6-15)24-13-16(23)12-21-10-9-14-11-22-19-4-2-1-3-18(14)19/h1-8,11,16,21-23H,9-10,12-13H2. The van der Waals surface area contributed by atoms with E-state index in [-0.39, 0.29) is 6.61 Å². The van der Waals surface area contributed by atoms with Crippen LogP contribution < -0.4 is 10.1 Å². The molecule has 0 aliphatic rings. The summed E-state index contributed by atoms with van der Waals surface area (Å²) in [5.74, 6) is 0.706. The van der Waals surface area contributed by atoms with Gasteiger partial charge in [0.2, 0.25) is 0 Å². The van der Waals surface area contributed by atoms with Crippen LogP contribution in [0.4, 0.5) is 0 Å². The predicted octanol–water partition coefficient (Wildman–Crippen LogP) is 3.39. The van der Waals surface area contributed by atoms with Crippen molar-refractivity contribution < 1.29 is 9.84 Å². The van der Waals surface area contributed by atoms with E-state index in [2.05, 4.69) is 22.4 Å². The lowest BCUT2D eigenvalue weighted by molar-refractivity contribution is 0.106. The average Bonchev–Trinajstić information content (AvgIpc) is 3.01. The normalized spacial score (nSPS) is 12.4. The summed E-state index contributed by atoms with van der Waals surface area (Å²) in [7, 11) is 0. The zero-order valence-corrected chi connectivity index (χ0v) is 14.1. The monoisotopic (exact) mass is 344 g/mol. The number of ether oxygens (including phenoxy) is 1. The maximum atomic E-state index is 9.97. The zero-order valence-electron chi connectivity index (χ0n) is 13.3. The summed E-state index contributed by atoms with van der Waals surface area (Å²) < 4.78 is 5.53. The van der Waals surface area contributed by atoms with Crippen LogP contribution in [0.2, 0.25) is 5.02 Å². The van der Waals surface area contributed by atoms with Gasteiger partial charge in [0.25, 0.3) is 0 Å². The van der Waals surface area contributed by atoms with Crippen molar-refractivity contribution in [2.75, 3.05) is 19.7 Å². The van der Waals surface area contributed by atoms with E-state index in [0.29, 0.717) is 17.3 Å². The Labute approximate surface area is 146 Å². The van der Waals surface area contributed by atoms with Gasteiger partial charge in [0.15, 0.2) is 0 Å². The molecule has 0 amide bonds. The Bertz CT molecular complexity index is 770. The van der Waals surface area contributed by atoms with Crippen LogP contribution in [0.5, 0.6) is 5.75 Å². The maximum absolute atomic E-state index is 9.97. The summed E-state index contributed by atoms with van der Waals surface area (Å²) in [5, 5.41) is 15.2. The number of aliphatic hydroxyl groups is 1. The van der Waals surface area contributed by atoms with E-state index < -0.39 is 6.10 Å². The number of hydrogen-bond acceptors (Lipinski definition) is 3. The van der Waals surface area contributed by atoms with Gasteiger partial charge in [-0.25, -0.2) is 0 Å². The van der Waals surface area contributed by atoms with Crippen LogP contribution in [0.3, 0.4) is 0 Å². The molecule has 0 saturated heterocycles. The van der Waals surface area contributed by atoms with Crippen molar-refractivity contribution in [3.8, 4) is 5.75 Å². The lowest BCUT2D eigenvalue weighted by Gasteiger charge is -2.13. The topological polar surface area (TPSA) is 57.3 Å². The number of rotatable bonds is 8. The van der Waals surface area contributed by atoms with Gasteiger partial charge in [-0.1, -0.05) is 29.8 Å². The summed E-state index contributed by atoms with van der Waals surface area (Å²) in [4.78, 5) is 3.27. The molecule has 4 nitrogen and oxygen atoms in total. The minimum atomic E-state index is -0.552. The molecule has 24 heavy (non-hydrogen) atoms. The van der Waals surface area contributed by atoms with Crippen molar-refractivity contribution >= 4 is 22.5 Å². The Morgan fingerprint density at radius 1 is 1.12 bits per heavy atom. The molecule has 2 aromatic carbocycles. The number of aromatic amines is 1. The first-order valence-corrected chi connectivity index (χ1v) is 8.42. The maximum Gasteiger partial charge on any atom is 0.119 e. The predicted molar refractivity (Wildman–Crippen MR) is 97.8 cm³/mol. The van der Waals surface area contributed by atoms with Crippen molar-refractivity contribution in [2.24, 2.45) is 0 Å². The van der Waals surface area contributed by atoms with Gasteiger partial charge in [0.1, 0.15) is 18.5 Å². The largest absolute Gasteiger partial charge is 0.491 e. The van der Waals surface area contributed by atoms with Crippen molar-refractivity contribution in [3.63, 3.8) is 0 Å². The van der Waals surface area contributed by atoms with Gasteiger partial charge in [0.05, 0.1) is 0 Å². The molecule has 1 aromatic heterocycles. The molecule has 0 spiro atoms. The quantitative estimate of drug-likeness (QED) is 0.549. The van der Waals surface area contributed by atoms with Gasteiger partial charge in [-0.05, 0) is 48.9 Å². The van der Waals surface area contributed by atoms with E-state index in [1.54, 1.807) is 24.3 Å². The van der Waals surface area contributed by atoms with Gasteiger partial charge in [-0.3, -0.25) is 0 Å². The van der Waals surface area contributed by atoms with Gasteiger partial charge in [-0.2, -0.15) is 0 Å². The fourth-order valence-corrected chi connectivity index (χ4v) is 2.74. The van der Waals surface area contributed by atoms with Crippen molar-refractivity contribution in [3.05, 3.63) is 65.3 Å². The highest BCUT2D eigenvalue weighted by Gasteiger charge is 2.06. The number of hydrogen-bond donors (Lipinski definition) is 3. The first-order chi connectivity index (χ1) is 11.7. The molecule has 0 aliphatic carbocycles. The van der Waals surface area contributed by atoms with Crippen molar-refractivity contribution in [1.82, 2.24) is 10.3 Å². The Hall–Kier alpha value is -2.01. The number of H-pyrrole nitrogens is 1. The molecule has 0 bridgehead atoms. The highest BCUT2D eigenvalue weighted by Crippen LogP contribution is 2.18. The molecule has 1 heterocycles. The molecule has 3 rings (SSSR count). The van der Waals surface area contributed by atoms with Crippen molar-refractivity contribution in [1.29, 1.82) is 0 Å². The lowest BCUT2D eigenvalue weighted by Crippen LogP contribution is -2.32. The fourth-order valence-electron chi connectivity index (χ4n) is 2.61. The number of benzene rings is 2. The van der Waals surface area contributed by atoms with Crippen LogP contribution in [0.25, 0.3) is 10.9 Å². The molecule has 0 fully saturated rings. The number of fused-ring (bicyclic) bond motifs is 1. The van der Waals surface area contributed by atoms with Crippen LogP contribution in [0.1, 0.15) is 5.56 Å². The summed E-state index contributed by atoms with van der Waals surface area (Å²) in [6.07, 6.45) is 2.41. The molecule has 0 aliphatic heterocycles. The smallest absolute Gasteiger partial charge is 0.119 e. The number of aromatic nitrogens is 1. The molecule has 1 unspecified atom stereocenters. The molecule has 1 atom stereocenters. The highest BCUT2D eigenvalue weighted by atomic mass is 35.5.